The molecule has 0 atom stereocenters. The lowest BCUT2D eigenvalue weighted by molar-refractivity contribution is 0.968. The van der Waals surface area contributed by atoms with Crippen molar-refractivity contribution in [1.82, 2.24) is 21.5 Å². The Kier molecular flexibility index (Phi) is 7.42. The Balaban J connectivity index is 2.22. The molecule has 152 valence electrons. The number of hydrogen-bond acceptors (Lipinski definition) is 4. The fraction of sp³-hybridized carbons (Fsp3) is 0.0909. The highest BCUT2D eigenvalue weighted by molar-refractivity contribution is 7.80. The number of rotatable bonds is 5. The molecule has 0 radical (unpaired) electrons. The topological polar surface area (TPSA) is 72.8 Å². The van der Waals surface area contributed by atoms with Crippen molar-refractivity contribution in [3.8, 4) is 0 Å². The van der Waals surface area contributed by atoms with Gasteiger partial charge in [-0.1, -0.05) is 72.8 Å². The molecule has 3 rings (SSSR count). The van der Waals surface area contributed by atoms with Crippen LogP contribution in [0.25, 0.3) is 10.8 Å². The molecular formula is C22H22N6S2. The molecule has 0 saturated heterocycles. The molecule has 6 nitrogen and oxygen atoms in total. The number of nitrogens with one attached hydrogen (secondary N) is 4. The molecule has 30 heavy (non-hydrogen) atoms. The van der Waals surface area contributed by atoms with Crippen LogP contribution in [0.3, 0.4) is 0 Å². The second kappa shape index (κ2) is 10.4. The molecule has 8 heteroatoms. The summed E-state index contributed by atoms with van der Waals surface area (Å²) < 4.78 is 0. The van der Waals surface area contributed by atoms with Crippen LogP contribution in [0.4, 0.5) is 0 Å². The van der Waals surface area contributed by atoms with Gasteiger partial charge in [-0.2, -0.15) is 10.2 Å². The minimum absolute atomic E-state index is 0.402. The number of hydrogen-bond donors (Lipinski definition) is 4. The zero-order valence-corrected chi connectivity index (χ0v) is 18.3. The number of fused-ring (bicyclic) bond motifs is 1. The van der Waals surface area contributed by atoms with Gasteiger partial charge in [0.25, 0.3) is 0 Å². The standard InChI is InChI=1S/C22H22N6S2/c1-23-21(29)27-25-19(16-10-4-3-5-11-16)20(26-28-22(30)24-2)18-14-8-12-15-9-6-7-13-17(15)18/h3-14H,1-2H3,(H2,23,27,29)(H2,24,28,30)/b25-19+,26-20+. The van der Waals surface area contributed by atoms with Gasteiger partial charge < -0.3 is 10.6 Å². The van der Waals surface area contributed by atoms with Crippen molar-refractivity contribution < 1.29 is 0 Å². The molecule has 0 aromatic heterocycles. The predicted octanol–water partition coefficient (Wildman–Crippen LogP) is 3.14. The summed E-state index contributed by atoms with van der Waals surface area (Å²) in [6.45, 7) is 0. The van der Waals surface area contributed by atoms with Gasteiger partial charge in [-0.05, 0) is 35.2 Å². The van der Waals surface area contributed by atoms with E-state index in [4.69, 9.17) is 24.4 Å². The third-order valence-corrected chi connectivity index (χ3v) is 4.90. The average Bonchev–Trinajstić information content (AvgIpc) is 2.81. The normalized spacial score (nSPS) is 11.7. The van der Waals surface area contributed by atoms with E-state index in [9.17, 15) is 0 Å². The van der Waals surface area contributed by atoms with E-state index in [1.165, 1.54) is 0 Å². The average molecular weight is 435 g/mol. The first-order chi connectivity index (χ1) is 14.6. The van der Waals surface area contributed by atoms with Crippen LogP contribution in [0.2, 0.25) is 0 Å². The first kappa shape index (κ1) is 21.4. The summed E-state index contributed by atoms with van der Waals surface area (Å²) in [5.41, 5.74) is 8.83. The van der Waals surface area contributed by atoms with Gasteiger partial charge in [0.1, 0.15) is 11.4 Å². The maximum Gasteiger partial charge on any atom is 0.186 e. The fourth-order valence-corrected chi connectivity index (χ4v) is 2.94. The molecule has 0 amide bonds. The van der Waals surface area contributed by atoms with E-state index in [2.05, 4.69) is 49.9 Å². The van der Waals surface area contributed by atoms with Crippen LogP contribution in [0, 0.1) is 0 Å². The van der Waals surface area contributed by atoms with Crippen LogP contribution in [0.1, 0.15) is 11.1 Å². The Morgan fingerprint density at radius 3 is 1.90 bits per heavy atom. The van der Waals surface area contributed by atoms with Gasteiger partial charge in [-0.25, -0.2) is 0 Å². The van der Waals surface area contributed by atoms with Crippen LogP contribution in [0.15, 0.2) is 83.0 Å². The summed E-state index contributed by atoms with van der Waals surface area (Å²) in [4.78, 5) is 0. The molecule has 0 aliphatic carbocycles. The summed E-state index contributed by atoms with van der Waals surface area (Å²) in [6.07, 6.45) is 0. The van der Waals surface area contributed by atoms with E-state index >= 15 is 0 Å². The molecule has 3 aromatic rings. The van der Waals surface area contributed by atoms with Gasteiger partial charge in [0.15, 0.2) is 10.2 Å². The quantitative estimate of drug-likeness (QED) is 0.281. The Morgan fingerprint density at radius 2 is 1.23 bits per heavy atom. The molecular weight excluding hydrogens is 412 g/mol. The van der Waals surface area contributed by atoms with E-state index in [1.807, 2.05) is 54.6 Å². The Labute approximate surface area is 186 Å². The van der Waals surface area contributed by atoms with Gasteiger partial charge in [-0.3, -0.25) is 10.9 Å². The molecule has 0 saturated carbocycles. The first-order valence-corrected chi connectivity index (χ1v) is 10.1. The van der Waals surface area contributed by atoms with Crippen molar-refractivity contribution in [1.29, 1.82) is 0 Å². The molecule has 0 aliphatic rings. The van der Waals surface area contributed by atoms with E-state index in [0.717, 1.165) is 21.9 Å². The number of nitrogens with zero attached hydrogens (tertiary/aromatic N) is 2. The van der Waals surface area contributed by atoms with E-state index < -0.39 is 0 Å². The summed E-state index contributed by atoms with van der Waals surface area (Å²) in [5, 5.41) is 17.9. The van der Waals surface area contributed by atoms with Crippen molar-refractivity contribution in [3.63, 3.8) is 0 Å². The zero-order valence-electron chi connectivity index (χ0n) is 16.6. The third-order valence-electron chi connectivity index (χ3n) is 4.31. The predicted molar refractivity (Wildman–Crippen MR) is 133 cm³/mol. The number of thiocarbonyl (C=S) groups is 2. The van der Waals surface area contributed by atoms with Crippen LogP contribution in [0.5, 0.6) is 0 Å². The minimum atomic E-state index is 0.402. The molecule has 4 N–H and O–H groups in total. The molecule has 0 spiro atoms. The lowest BCUT2D eigenvalue weighted by atomic mass is 9.95. The second-order valence-corrected chi connectivity index (χ2v) is 7.01. The maximum absolute atomic E-state index is 5.23. The maximum atomic E-state index is 5.23. The summed E-state index contributed by atoms with van der Waals surface area (Å²) in [5.74, 6) is 0. The first-order valence-electron chi connectivity index (χ1n) is 9.28. The number of benzene rings is 3. The van der Waals surface area contributed by atoms with Gasteiger partial charge in [0.2, 0.25) is 0 Å². The lowest BCUT2D eigenvalue weighted by Gasteiger charge is -2.14. The van der Waals surface area contributed by atoms with Crippen molar-refractivity contribution in [2.45, 2.75) is 0 Å². The third kappa shape index (κ3) is 5.16. The van der Waals surface area contributed by atoms with Crippen LogP contribution < -0.4 is 21.5 Å². The molecule has 0 bridgehead atoms. The van der Waals surface area contributed by atoms with Gasteiger partial charge in [0.05, 0.1) is 0 Å². The summed E-state index contributed by atoms with van der Waals surface area (Å²) in [7, 11) is 3.47. The summed E-state index contributed by atoms with van der Waals surface area (Å²) >= 11 is 10.4. The Morgan fingerprint density at radius 1 is 0.667 bits per heavy atom. The van der Waals surface area contributed by atoms with Crippen molar-refractivity contribution in [3.05, 3.63) is 83.9 Å². The highest BCUT2D eigenvalue weighted by Gasteiger charge is 2.18. The van der Waals surface area contributed by atoms with Crippen molar-refractivity contribution >= 4 is 56.9 Å². The highest BCUT2D eigenvalue weighted by atomic mass is 32.1. The van der Waals surface area contributed by atoms with Crippen molar-refractivity contribution in [2.24, 2.45) is 10.2 Å². The van der Waals surface area contributed by atoms with Gasteiger partial charge >= 0.3 is 0 Å². The van der Waals surface area contributed by atoms with E-state index in [0.29, 0.717) is 21.6 Å². The molecule has 0 aliphatic heterocycles. The van der Waals surface area contributed by atoms with Gasteiger partial charge in [0, 0.05) is 25.2 Å². The minimum Gasteiger partial charge on any atom is -0.364 e. The molecule has 0 unspecified atom stereocenters. The van der Waals surface area contributed by atoms with Crippen LogP contribution >= 0.6 is 24.4 Å². The van der Waals surface area contributed by atoms with Gasteiger partial charge in [-0.15, -0.1) is 0 Å². The molecule has 0 heterocycles. The Hall–Kier alpha value is -3.36. The monoisotopic (exact) mass is 434 g/mol. The van der Waals surface area contributed by atoms with E-state index in [-0.39, 0.29) is 0 Å². The van der Waals surface area contributed by atoms with Crippen LogP contribution in [-0.2, 0) is 0 Å². The van der Waals surface area contributed by atoms with Crippen LogP contribution in [-0.4, -0.2) is 35.7 Å². The highest BCUT2D eigenvalue weighted by Crippen LogP contribution is 2.21. The molecule has 3 aromatic carbocycles. The Bertz CT molecular complexity index is 1100. The molecule has 0 fully saturated rings. The smallest absolute Gasteiger partial charge is 0.186 e. The second-order valence-electron chi connectivity index (χ2n) is 6.20. The van der Waals surface area contributed by atoms with Crippen molar-refractivity contribution in [2.75, 3.05) is 14.1 Å². The number of hydrazone groups is 2. The lowest BCUT2D eigenvalue weighted by Crippen LogP contribution is -2.33. The zero-order chi connectivity index (χ0) is 21.3. The summed E-state index contributed by atoms with van der Waals surface area (Å²) in [6, 6.07) is 24.0. The fourth-order valence-electron chi connectivity index (χ4n) is 2.85. The largest absolute Gasteiger partial charge is 0.364 e. The van der Waals surface area contributed by atoms with E-state index in [1.54, 1.807) is 14.1 Å². The SMILES string of the molecule is CNC(=S)N/N=C(/C(=N/NC(=S)NC)c1cccc2ccccc12)c1ccccc1.